The Morgan fingerprint density at radius 3 is 1.88 bits per heavy atom. The minimum absolute atomic E-state index is 0.0908. The molecule has 0 saturated carbocycles. The van der Waals surface area contributed by atoms with Crippen LogP contribution in [0.2, 0.25) is 0 Å². The van der Waals surface area contributed by atoms with Crippen molar-refractivity contribution in [2.75, 3.05) is 10.6 Å². The lowest BCUT2D eigenvalue weighted by molar-refractivity contribution is 0.630. The summed E-state index contributed by atoms with van der Waals surface area (Å²) in [7, 11) is 0. The van der Waals surface area contributed by atoms with Crippen LogP contribution in [0, 0.1) is 5.82 Å². The van der Waals surface area contributed by atoms with Gasteiger partial charge in [0.15, 0.2) is 11.5 Å². The number of hydrogen-bond acceptors (Lipinski definition) is 9. The third-order valence-corrected chi connectivity index (χ3v) is 9.13. The van der Waals surface area contributed by atoms with Gasteiger partial charge in [0.1, 0.15) is 34.7 Å². The van der Waals surface area contributed by atoms with E-state index in [1.807, 2.05) is 80.6 Å². The van der Waals surface area contributed by atoms with Gasteiger partial charge < -0.3 is 15.6 Å². The molecule has 0 saturated heterocycles. The Morgan fingerprint density at radius 2 is 1.25 bits per heavy atom. The number of benzene rings is 4. The molecule has 0 unspecified atom stereocenters. The van der Waals surface area contributed by atoms with Crippen LogP contribution in [0.3, 0.4) is 0 Å². The predicted octanol–water partition coefficient (Wildman–Crippen LogP) is 7.02. The van der Waals surface area contributed by atoms with Gasteiger partial charge >= 0.3 is 0 Å². The molecule has 0 aliphatic rings. The summed E-state index contributed by atoms with van der Waals surface area (Å²) in [6.07, 6.45) is 4.06. The van der Waals surface area contributed by atoms with E-state index < -0.39 is 23.5 Å². The number of imidazole rings is 1. The molecule has 0 fully saturated rings. The molecule has 3 N–H and O–H groups in total. The fourth-order valence-electron chi connectivity index (χ4n) is 6.62. The topological polar surface area (TPSA) is 148 Å². The number of halogens is 1. The second-order valence-corrected chi connectivity index (χ2v) is 12.3. The number of fused-ring (bicyclic) bond motifs is 3. The minimum atomic E-state index is -0.641. The van der Waals surface area contributed by atoms with Crippen molar-refractivity contribution in [1.82, 2.24) is 39.0 Å². The summed E-state index contributed by atoms with van der Waals surface area (Å²) >= 11 is 0. The van der Waals surface area contributed by atoms with E-state index in [9.17, 15) is 9.59 Å². The Labute approximate surface area is 296 Å². The third-order valence-electron chi connectivity index (χ3n) is 9.13. The zero-order chi connectivity index (χ0) is 35.8. The van der Waals surface area contributed by atoms with Gasteiger partial charge in [-0.15, -0.1) is 0 Å². The van der Waals surface area contributed by atoms with Crippen LogP contribution in [-0.4, -0.2) is 39.0 Å². The smallest absolute Gasteiger partial charge is 0.269 e. The largest absolute Gasteiger partial charge is 0.374 e. The molecular formula is C39H33FN10O2. The summed E-state index contributed by atoms with van der Waals surface area (Å²) in [5.41, 5.74) is 2.79. The molecule has 0 spiro atoms. The first-order valence-corrected chi connectivity index (χ1v) is 17.0. The number of nitrogens with one attached hydrogen (secondary N) is 3. The van der Waals surface area contributed by atoms with Crippen molar-refractivity contribution < 1.29 is 4.39 Å². The summed E-state index contributed by atoms with van der Waals surface area (Å²) in [4.78, 5) is 54.9. The van der Waals surface area contributed by atoms with Gasteiger partial charge in [0.25, 0.3) is 11.1 Å². The molecule has 0 amide bonds. The van der Waals surface area contributed by atoms with E-state index >= 15 is 4.39 Å². The lowest BCUT2D eigenvalue weighted by atomic mass is 10.1. The highest BCUT2D eigenvalue weighted by Crippen LogP contribution is 2.31. The van der Waals surface area contributed by atoms with E-state index in [0.717, 1.165) is 0 Å². The molecule has 0 aliphatic heterocycles. The van der Waals surface area contributed by atoms with Gasteiger partial charge in [-0.2, -0.15) is 0 Å². The monoisotopic (exact) mass is 692 g/mol. The number of para-hydroxylation sites is 2. The molecule has 4 aromatic heterocycles. The van der Waals surface area contributed by atoms with Gasteiger partial charge in [0.2, 0.25) is 0 Å². The highest BCUT2D eigenvalue weighted by molar-refractivity contribution is 5.91. The normalized spacial score (nSPS) is 12.7. The van der Waals surface area contributed by atoms with Crippen LogP contribution in [0.1, 0.15) is 50.4 Å². The SMILES string of the molecule is CC[C@H](Nc1cccc2nc([C@H](CC)Nc3ncnc4nc[nH]c34)n(-c3ccccc3)c(=O)c12)c1nc2cccc(F)c2c(=O)n1-c1ccccc1. The minimum Gasteiger partial charge on any atom is -0.374 e. The van der Waals surface area contributed by atoms with E-state index in [2.05, 4.69) is 30.6 Å². The molecule has 8 aromatic rings. The van der Waals surface area contributed by atoms with E-state index in [1.165, 1.54) is 23.0 Å². The van der Waals surface area contributed by atoms with Crippen molar-refractivity contribution >= 4 is 44.5 Å². The summed E-state index contributed by atoms with van der Waals surface area (Å²) in [5, 5.41) is 7.27. The van der Waals surface area contributed by atoms with E-state index in [1.54, 1.807) is 29.1 Å². The van der Waals surface area contributed by atoms with Gasteiger partial charge in [0.05, 0.1) is 46.2 Å². The Bertz CT molecular complexity index is 2690. The summed E-state index contributed by atoms with van der Waals surface area (Å²) in [6, 6.07) is 27.3. The van der Waals surface area contributed by atoms with Gasteiger partial charge in [-0.1, -0.05) is 62.4 Å². The van der Waals surface area contributed by atoms with Gasteiger partial charge in [-0.05, 0) is 61.4 Å². The molecule has 0 radical (unpaired) electrons. The maximum Gasteiger partial charge on any atom is 0.269 e. The number of hydrogen-bond donors (Lipinski definition) is 3. The predicted molar refractivity (Wildman–Crippen MR) is 200 cm³/mol. The zero-order valence-electron chi connectivity index (χ0n) is 28.3. The van der Waals surface area contributed by atoms with E-state index in [0.29, 0.717) is 69.4 Å². The maximum absolute atomic E-state index is 15.1. The Balaban J connectivity index is 1.30. The van der Waals surface area contributed by atoms with Crippen LogP contribution in [0.4, 0.5) is 15.9 Å². The molecule has 258 valence electrons. The van der Waals surface area contributed by atoms with Crippen LogP contribution >= 0.6 is 0 Å². The molecule has 12 nitrogen and oxygen atoms in total. The van der Waals surface area contributed by atoms with Crippen molar-refractivity contribution in [3.63, 3.8) is 0 Å². The summed E-state index contributed by atoms with van der Waals surface area (Å²) in [6.45, 7) is 3.97. The second-order valence-electron chi connectivity index (χ2n) is 12.3. The summed E-state index contributed by atoms with van der Waals surface area (Å²) in [5.74, 6) is 0.778. The van der Waals surface area contributed by atoms with Crippen molar-refractivity contribution in [2.24, 2.45) is 0 Å². The number of rotatable bonds is 10. The molecule has 4 aromatic carbocycles. The summed E-state index contributed by atoms with van der Waals surface area (Å²) < 4.78 is 18.1. The highest BCUT2D eigenvalue weighted by atomic mass is 19.1. The first-order valence-electron chi connectivity index (χ1n) is 17.0. The van der Waals surface area contributed by atoms with Crippen molar-refractivity contribution in [2.45, 2.75) is 38.8 Å². The van der Waals surface area contributed by atoms with Crippen LogP contribution < -0.4 is 21.8 Å². The number of H-pyrrole nitrogens is 1. The van der Waals surface area contributed by atoms with Gasteiger partial charge in [-0.25, -0.2) is 29.3 Å². The molecule has 0 aliphatic carbocycles. The van der Waals surface area contributed by atoms with E-state index in [-0.39, 0.29) is 16.5 Å². The van der Waals surface area contributed by atoms with Crippen molar-refractivity contribution in [3.8, 4) is 11.4 Å². The Hall–Kier alpha value is -6.76. The number of nitrogens with zero attached hydrogens (tertiary/aromatic N) is 7. The molecule has 2 atom stereocenters. The average Bonchev–Trinajstić information content (AvgIpc) is 3.66. The maximum atomic E-state index is 15.1. The lowest BCUT2D eigenvalue weighted by Crippen LogP contribution is -2.30. The second kappa shape index (κ2) is 13.5. The first kappa shape index (κ1) is 32.4. The lowest BCUT2D eigenvalue weighted by Gasteiger charge is -2.25. The Morgan fingerprint density at radius 1 is 0.673 bits per heavy atom. The van der Waals surface area contributed by atoms with Crippen LogP contribution in [0.25, 0.3) is 44.3 Å². The average molecular weight is 693 g/mol. The molecule has 0 bridgehead atoms. The van der Waals surface area contributed by atoms with Crippen molar-refractivity contribution in [3.05, 3.63) is 148 Å². The fourth-order valence-corrected chi connectivity index (χ4v) is 6.62. The van der Waals surface area contributed by atoms with Gasteiger partial charge in [-0.3, -0.25) is 18.7 Å². The molecular weight excluding hydrogens is 659 g/mol. The zero-order valence-corrected chi connectivity index (χ0v) is 28.3. The van der Waals surface area contributed by atoms with Crippen LogP contribution in [0.5, 0.6) is 0 Å². The molecule has 13 heteroatoms. The van der Waals surface area contributed by atoms with E-state index in [4.69, 9.17) is 9.97 Å². The quantitative estimate of drug-likeness (QED) is 0.138. The first-order chi connectivity index (χ1) is 25.5. The van der Waals surface area contributed by atoms with Crippen molar-refractivity contribution in [1.29, 1.82) is 0 Å². The number of anilines is 2. The van der Waals surface area contributed by atoms with Crippen LogP contribution in [0.15, 0.2) is 119 Å². The highest BCUT2D eigenvalue weighted by Gasteiger charge is 2.26. The molecule has 8 rings (SSSR count). The third kappa shape index (κ3) is 5.61. The Kier molecular flexibility index (Phi) is 8.43. The van der Waals surface area contributed by atoms with Gasteiger partial charge in [0, 0.05) is 5.69 Å². The number of aromatic nitrogens is 8. The fraction of sp³-hybridized carbons (Fsp3) is 0.154. The standard InChI is InChI=1S/C39H33FN10O2/c1-3-26(36-47-28-18-11-17-25(40)31(28)38(51)49(36)23-13-7-5-8-14-23)45-29-19-12-20-30-32(29)39(52)50(24-15-9-6-10-16-24)37(48-30)27(4-2)46-35-33-34(42-21-41-33)43-22-44-35/h5-22,26-27,45H,3-4H2,1-2H3,(H2,41,42,43,44,46)/t26-,27-/m0/s1. The van der Waals surface area contributed by atoms with Crippen LogP contribution in [-0.2, 0) is 0 Å². The molecule has 52 heavy (non-hydrogen) atoms. The molecule has 4 heterocycles. The number of aromatic amines is 1.